The molecule has 1 amide bonds. The van der Waals surface area contributed by atoms with Crippen LogP contribution in [-0.4, -0.2) is 49.3 Å². The van der Waals surface area contributed by atoms with Crippen molar-refractivity contribution >= 4 is 38.5 Å². The maximum Gasteiger partial charge on any atom is 0.339 e. The van der Waals surface area contributed by atoms with Crippen molar-refractivity contribution in [2.75, 3.05) is 25.0 Å². The third-order valence-corrected chi connectivity index (χ3v) is 7.52. The normalized spacial score (nSPS) is 11.6. The lowest BCUT2D eigenvalue weighted by molar-refractivity contribution is -0.119. The van der Waals surface area contributed by atoms with E-state index in [0.29, 0.717) is 46.5 Å². The van der Waals surface area contributed by atoms with E-state index in [1.165, 1.54) is 16.4 Å². The zero-order chi connectivity index (χ0) is 25.0. The van der Waals surface area contributed by atoms with Crippen LogP contribution in [0, 0.1) is 20.8 Å². The highest BCUT2D eigenvalue weighted by Gasteiger charge is 2.23. The predicted octanol–water partition coefficient (Wildman–Crippen LogP) is 3.99. The standard InChI is InChI=1S/C25H29N3O5S/c1-6-28(7-2)34(31,32)19-10-9-17(4)23(14-19)27-24(29)15-33-25(30)21-13-18(5)26-22-11-8-16(3)12-20(21)22/h8-14H,6-7,15H2,1-5H3,(H,27,29). The molecule has 0 bridgehead atoms. The first-order valence-electron chi connectivity index (χ1n) is 11.0. The summed E-state index contributed by atoms with van der Waals surface area (Å²) >= 11 is 0. The van der Waals surface area contributed by atoms with E-state index in [2.05, 4.69) is 10.3 Å². The number of hydrogen-bond acceptors (Lipinski definition) is 6. The molecule has 0 aliphatic rings. The first kappa shape index (κ1) is 25.3. The van der Waals surface area contributed by atoms with E-state index < -0.39 is 28.5 Å². The maximum atomic E-state index is 12.8. The molecule has 3 aromatic rings. The van der Waals surface area contributed by atoms with Crippen LogP contribution in [0.1, 0.15) is 41.0 Å². The number of pyridine rings is 1. The average Bonchev–Trinajstić information content (AvgIpc) is 2.79. The third-order valence-electron chi connectivity index (χ3n) is 5.47. The number of nitrogens with zero attached hydrogens (tertiary/aromatic N) is 2. The first-order valence-corrected chi connectivity index (χ1v) is 12.5. The number of rotatable bonds is 8. The van der Waals surface area contributed by atoms with Crippen LogP contribution in [0.4, 0.5) is 5.69 Å². The lowest BCUT2D eigenvalue weighted by atomic mass is 10.1. The zero-order valence-electron chi connectivity index (χ0n) is 20.0. The molecule has 180 valence electrons. The summed E-state index contributed by atoms with van der Waals surface area (Å²) in [6.45, 7) is 9.15. The summed E-state index contributed by atoms with van der Waals surface area (Å²) in [6, 6.07) is 11.8. The first-order chi connectivity index (χ1) is 16.1. The topological polar surface area (TPSA) is 106 Å². The number of aromatic nitrogens is 1. The Morgan fingerprint density at radius 2 is 1.71 bits per heavy atom. The molecule has 2 aromatic carbocycles. The van der Waals surface area contributed by atoms with Gasteiger partial charge in [0.05, 0.1) is 16.0 Å². The molecule has 0 atom stereocenters. The predicted molar refractivity (Wildman–Crippen MR) is 131 cm³/mol. The van der Waals surface area contributed by atoms with Gasteiger partial charge in [-0.05, 0) is 56.7 Å². The quantitative estimate of drug-likeness (QED) is 0.486. The van der Waals surface area contributed by atoms with Gasteiger partial charge in [0, 0.05) is 29.9 Å². The van der Waals surface area contributed by atoms with Gasteiger partial charge in [0.2, 0.25) is 10.0 Å². The minimum Gasteiger partial charge on any atom is -0.452 e. The second-order valence-corrected chi connectivity index (χ2v) is 9.96. The Hall–Kier alpha value is -3.30. The van der Waals surface area contributed by atoms with E-state index in [-0.39, 0.29) is 4.90 Å². The Labute approximate surface area is 200 Å². The van der Waals surface area contributed by atoms with Crippen molar-refractivity contribution in [2.45, 2.75) is 39.5 Å². The molecule has 0 radical (unpaired) electrons. The van der Waals surface area contributed by atoms with Gasteiger partial charge in [0.25, 0.3) is 5.91 Å². The highest BCUT2D eigenvalue weighted by atomic mass is 32.2. The van der Waals surface area contributed by atoms with Gasteiger partial charge in [0.15, 0.2) is 6.61 Å². The van der Waals surface area contributed by atoms with Crippen LogP contribution in [0.25, 0.3) is 10.9 Å². The lowest BCUT2D eigenvalue weighted by Gasteiger charge is -2.19. The number of fused-ring (bicyclic) bond motifs is 1. The van der Waals surface area contributed by atoms with Gasteiger partial charge < -0.3 is 10.1 Å². The van der Waals surface area contributed by atoms with Crippen LogP contribution in [0.3, 0.4) is 0 Å². The third kappa shape index (κ3) is 5.43. The number of carbonyl (C=O) groups excluding carboxylic acids is 2. The van der Waals surface area contributed by atoms with E-state index in [9.17, 15) is 18.0 Å². The van der Waals surface area contributed by atoms with Crippen molar-refractivity contribution in [1.82, 2.24) is 9.29 Å². The molecule has 3 rings (SSSR count). The second-order valence-electron chi connectivity index (χ2n) is 8.02. The molecule has 34 heavy (non-hydrogen) atoms. The van der Waals surface area contributed by atoms with E-state index in [1.807, 2.05) is 25.1 Å². The second kappa shape index (κ2) is 10.3. The van der Waals surface area contributed by atoms with Crippen molar-refractivity contribution in [2.24, 2.45) is 0 Å². The summed E-state index contributed by atoms with van der Waals surface area (Å²) in [7, 11) is -3.68. The van der Waals surface area contributed by atoms with Crippen LogP contribution in [0.5, 0.6) is 0 Å². The SMILES string of the molecule is CCN(CC)S(=O)(=O)c1ccc(C)c(NC(=O)COC(=O)c2cc(C)nc3ccc(C)cc23)c1. The van der Waals surface area contributed by atoms with E-state index in [0.717, 1.165) is 5.56 Å². The number of nitrogens with one attached hydrogen (secondary N) is 1. The van der Waals surface area contributed by atoms with Crippen molar-refractivity contribution in [3.63, 3.8) is 0 Å². The van der Waals surface area contributed by atoms with Crippen molar-refractivity contribution < 1.29 is 22.7 Å². The molecule has 1 heterocycles. The highest BCUT2D eigenvalue weighted by Crippen LogP contribution is 2.24. The van der Waals surface area contributed by atoms with Crippen molar-refractivity contribution in [3.8, 4) is 0 Å². The molecule has 0 aliphatic carbocycles. The number of aryl methyl sites for hydroxylation is 3. The lowest BCUT2D eigenvalue weighted by Crippen LogP contribution is -2.30. The van der Waals surface area contributed by atoms with Gasteiger partial charge >= 0.3 is 5.97 Å². The van der Waals surface area contributed by atoms with E-state index >= 15 is 0 Å². The smallest absolute Gasteiger partial charge is 0.339 e. The maximum absolute atomic E-state index is 12.8. The van der Waals surface area contributed by atoms with Crippen LogP contribution < -0.4 is 5.32 Å². The fourth-order valence-electron chi connectivity index (χ4n) is 3.64. The average molecular weight is 484 g/mol. The Kier molecular flexibility index (Phi) is 7.68. The number of ether oxygens (including phenoxy) is 1. The largest absolute Gasteiger partial charge is 0.452 e. The van der Waals surface area contributed by atoms with Gasteiger partial charge in [-0.1, -0.05) is 31.5 Å². The Morgan fingerprint density at radius 1 is 1.00 bits per heavy atom. The Balaban J connectivity index is 1.76. The van der Waals surface area contributed by atoms with Crippen LogP contribution in [0.2, 0.25) is 0 Å². The molecule has 0 saturated heterocycles. The highest BCUT2D eigenvalue weighted by molar-refractivity contribution is 7.89. The molecule has 0 fully saturated rings. The van der Waals surface area contributed by atoms with E-state index in [1.54, 1.807) is 39.8 Å². The van der Waals surface area contributed by atoms with E-state index in [4.69, 9.17) is 4.74 Å². The number of sulfonamides is 1. The molecule has 1 N–H and O–H groups in total. The van der Waals surface area contributed by atoms with Gasteiger partial charge in [0.1, 0.15) is 0 Å². The van der Waals surface area contributed by atoms with Crippen molar-refractivity contribution in [1.29, 1.82) is 0 Å². The molecule has 0 unspecified atom stereocenters. The number of amides is 1. The summed E-state index contributed by atoms with van der Waals surface area (Å²) in [5.41, 5.74) is 3.67. The number of anilines is 1. The summed E-state index contributed by atoms with van der Waals surface area (Å²) < 4.78 is 32.2. The molecule has 8 nitrogen and oxygen atoms in total. The van der Waals surface area contributed by atoms with Crippen molar-refractivity contribution in [3.05, 3.63) is 64.8 Å². The summed E-state index contributed by atoms with van der Waals surface area (Å²) in [5, 5.41) is 3.30. The number of carbonyl (C=O) groups is 2. The fraction of sp³-hybridized carbons (Fsp3) is 0.320. The van der Waals surface area contributed by atoms with Crippen LogP contribution in [-0.2, 0) is 19.6 Å². The minimum absolute atomic E-state index is 0.0863. The molecular weight excluding hydrogens is 454 g/mol. The zero-order valence-corrected chi connectivity index (χ0v) is 20.8. The number of benzene rings is 2. The van der Waals surface area contributed by atoms with Gasteiger partial charge in [-0.2, -0.15) is 4.31 Å². The molecule has 1 aromatic heterocycles. The number of hydrogen-bond donors (Lipinski definition) is 1. The summed E-state index contributed by atoms with van der Waals surface area (Å²) in [5.74, 6) is -1.20. The Morgan fingerprint density at radius 3 is 2.38 bits per heavy atom. The molecule has 0 aliphatic heterocycles. The number of esters is 1. The Bertz CT molecular complexity index is 1350. The summed E-state index contributed by atoms with van der Waals surface area (Å²) in [4.78, 5) is 29.8. The molecule has 0 saturated carbocycles. The monoisotopic (exact) mass is 483 g/mol. The fourth-order valence-corrected chi connectivity index (χ4v) is 5.13. The van der Waals surface area contributed by atoms with Gasteiger partial charge in [-0.15, -0.1) is 0 Å². The summed E-state index contributed by atoms with van der Waals surface area (Å²) in [6.07, 6.45) is 0. The van der Waals surface area contributed by atoms with Gasteiger partial charge in [-0.3, -0.25) is 9.78 Å². The molecule has 0 spiro atoms. The molecule has 9 heteroatoms. The van der Waals surface area contributed by atoms with Crippen LogP contribution in [0.15, 0.2) is 47.4 Å². The van der Waals surface area contributed by atoms with Crippen LogP contribution >= 0.6 is 0 Å². The van der Waals surface area contributed by atoms with Gasteiger partial charge in [-0.25, -0.2) is 13.2 Å². The molecular formula is C25H29N3O5S. The minimum atomic E-state index is -3.68.